The number of nitrogens with one attached hydrogen (secondary N) is 1. The van der Waals surface area contributed by atoms with Gasteiger partial charge in [0.05, 0.1) is 6.54 Å². The smallest absolute Gasteiger partial charge is 0.234 e. The van der Waals surface area contributed by atoms with Crippen LogP contribution in [0.5, 0.6) is 0 Å². The van der Waals surface area contributed by atoms with Crippen molar-refractivity contribution >= 4 is 11.7 Å². The van der Waals surface area contributed by atoms with E-state index < -0.39 is 0 Å². The Morgan fingerprint density at radius 2 is 1.81 bits per heavy atom. The number of Topliss-reactive ketones (excluding diaryl/α,β-unsaturated/α-hetero) is 1. The van der Waals surface area contributed by atoms with Gasteiger partial charge in [-0.3, -0.25) is 14.5 Å². The molecular weight excluding hydrogens is 264 g/mol. The van der Waals surface area contributed by atoms with E-state index in [1.807, 2.05) is 0 Å². The van der Waals surface area contributed by atoms with E-state index in [0.717, 1.165) is 51.5 Å². The fourth-order valence-electron chi connectivity index (χ4n) is 4.45. The number of hydrogen-bond donors (Lipinski definition) is 1. The summed E-state index contributed by atoms with van der Waals surface area (Å²) in [5.41, 5.74) is 0. The average molecular weight is 292 g/mol. The number of carbonyl (C=O) groups excluding carboxylic acids is 2. The number of likely N-dealkylation sites (tertiary alicyclic amines) is 1. The fraction of sp³-hybridized carbons (Fsp3) is 0.882. The van der Waals surface area contributed by atoms with Crippen LogP contribution in [-0.4, -0.2) is 41.8 Å². The van der Waals surface area contributed by atoms with E-state index in [2.05, 4.69) is 10.2 Å². The van der Waals surface area contributed by atoms with Crippen molar-refractivity contribution in [2.75, 3.05) is 13.1 Å². The molecule has 3 fully saturated rings. The van der Waals surface area contributed by atoms with Crippen molar-refractivity contribution in [1.29, 1.82) is 0 Å². The Hall–Kier alpha value is -0.900. The summed E-state index contributed by atoms with van der Waals surface area (Å²) >= 11 is 0. The van der Waals surface area contributed by atoms with Gasteiger partial charge in [0.25, 0.3) is 0 Å². The summed E-state index contributed by atoms with van der Waals surface area (Å²) < 4.78 is 0. The van der Waals surface area contributed by atoms with Gasteiger partial charge in [0.1, 0.15) is 5.78 Å². The maximum Gasteiger partial charge on any atom is 0.234 e. The molecule has 2 atom stereocenters. The molecule has 4 heteroatoms. The zero-order valence-corrected chi connectivity index (χ0v) is 13.0. The summed E-state index contributed by atoms with van der Waals surface area (Å²) in [6.45, 7) is 1.47. The van der Waals surface area contributed by atoms with E-state index in [4.69, 9.17) is 0 Å². The summed E-state index contributed by atoms with van der Waals surface area (Å²) in [7, 11) is 0. The molecule has 0 spiro atoms. The lowest BCUT2D eigenvalue weighted by Crippen LogP contribution is -2.46. The normalized spacial score (nSPS) is 31.7. The lowest BCUT2D eigenvalue weighted by molar-refractivity contribution is -0.129. The molecule has 1 aliphatic heterocycles. The maximum absolute atomic E-state index is 12.2. The van der Waals surface area contributed by atoms with E-state index in [0.29, 0.717) is 24.4 Å². The third-order valence-corrected chi connectivity index (χ3v) is 5.55. The zero-order chi connectivity index (χ0) is 14.7. The number of nitrogens with zero attached hydrogens (tertiary/aromatic N) is 1. The van der Waals surface area contributed by atoms with E-state index >= 15 is 0 Å². The van der Waals surface area contributed by atoms with Gasteiger partial charge in [0.15, 0.2) is 0 Å². The molecule has 4 nitrogen and oxygen atoms in total. The predicted octanol–water partition coefficient (Wildman–Crippen LogP) is 2.27. The summed E-state index contributed by atoms with van der Waals surface area (Å²) in [6, 6.07) is 0.724. The van der Waals surface area contributed by atoms with Gasteiger partial charge in [-0.25, -0.2) is 0 Å². The van der Waals surface area contributed by atoms with E-state index in [-0.39, 0.29) is 11.8 Å². The molecule has 3 aliphatic rings. The highest BCUT2D eigenvalue weighted by Crippen LogP contribution is 2.32. The maximum atomic E-state index is 12.2. The number of amides is 1. The number of carbonyl (C=O) groups is 2. The first-order valence-corrected chi connectivity index (χ1v) is 8.80. The quantitative estimate of drug-likeness (QED) is 0.865. The van der Waals surface area contributed by atoms with Crippen LogP contribution in [0.25, 0.3) is 0 Å². The predicted molar refractivity (Wildman–Crippen MR) is 82.0 cm³/mol. The van der Waals surface area contributed by atoms with Gasteiger partial charge in [-0.15, -0.1) is 0 Å². The molecule has 118 valence electrons. The summed E-state index contributed by atoms with van der Waals surface area (Å²) in [4.78, 5) is 26.7. The van der Waals surface area contributed by atoms with Gasteiger partial charge in [-0.2, -0.15) is 0 Å². The largest absolute Gasteiger partial charge is 0.352 e. The average Bonchev–Trinajstić information content (AvgIpc) is 3.11. The number of hydrogen-bond acceptors (Lipinski definition) is 3. The molecule has 2 aliphatic carbocycles. The molecule has 2 unspecified atom stereocenters. The molecule has 1 N–H and O–H groups in total. The van der Waals surface area contributed by atoms with Crippen molar-refractivity contribution in [2.24, 2.45) is 5.92 Å². The van der Waals surface area contributed by atoms with Crippen LogP contribution in [-0.2, 0) is 9.59 Å². The Bertz CT molecular complexity index is 390. The molecule has 0 bridgehead atoms. The highest BCUT2D eigenvalue weighted by molar-refractivity contribution is 5.83. The molecule has 1 amide bonds. The van der Waals surface area contributed by atoms with Crippen molar-refractivity contribution in [3.8, 4) is 0 Å². The Morgan fingerprint density at radius 1 is 1.05 bits per heavy atom. The van der Waals surface area contributed by atoms with Crippen LogP contribution in [0.4, 0.5) is 0 Å². The molecule has 1 saturated heterocycles. The fourth-order valence-corrected chi connectivity index (χ4v) is 4.45. The molecule has 0 aromatic rings. The van der Waals surface area contributed by atoms with Crippen molar-refractivity contribution in [3.63, 3.8) is 0 Å². The lowest BCUT2D eigenvalue weighted by atomic mass is 9.82. The van der Waals surface area contributed by atoms with E-state index in [1.54, 1.807) is 0 Å². The van der Waals surface area contributed by atoms with Crippen LogP contribution in [0.15, 0.2) is 0 Å². The minimum absolute atomic E-state index is 0.164. The summed E-state index contributed by atoms with van der Waals surface area (Å²) in [6.07, 6.45) is 11.0. The Kier molecular flexibility index (Phi) is 4.94. The molecule has 2 saturated carbocycles. The second kappa shape index (κ2) is 6.91. The SMILES string of the molecule is O=C(CN1CCCC1C1CCCCC1=O)NC1CCCC1. The van der Waals surface area contributed by atoms with Crippen LogP contribution in [0, 0.1) is 5.92 Å². The summed E-state index contributed by atoms with van der Waals surface area (Å²) in [5, 5.41) is 3.17. The Labute approximate surface area is 127 Å². The first-order chi connectivity index (χ1) is 10.2. The van der Waals surface area contributed by atoms with Crippen molar-refractivity contribution in [2.45, 2.75) is 76.3 Å². The highest BCUT2D eigenvalue weighted by Gasteiger charge is 2.37. The minimum Gasteiger partial charge on any atom is -0.352 e. The Morgan fingerprint density at radius 3 is 2.57 bits per heavy atom. The zero-order valence-electron chi connectivity index (χ0n) is 13.0. The first kappa shape index (κ1) is 15.0. The molecule has 1 heterocycles. The summed E-state index contributed by atoms with van der Waals surface area (Å²) in [5.74, 6) is 0.798. The van der Waals surface area contributed by atoms with Crippen molar-refractivity contribution < 1.29 is 9.59 Å². The van der Waals surface area contributed by atoms with Crippen molar-refractivity contribution in [3.05, 3.63) is 0 Å². The van der Waals surface area contributed by atoms with E-state index in [9.17, 15) is 9.59 Å². The van der Waals surface area contributed by atoms with Gasteiger partial charge >= 0.3 is 0 Å². The minimum atomic E-state index is 0.164. The van der Waals surface area contributed by atoms with Crippen LogP contribution >= 0.6 is 0 Å². The second-order valence-electron chi connectivity index (χ2n) is 7.05. The van der Waals surface area contributed by atoms with E-state index in [1.165, 1.54) is 19.3 Å². The molecular formula is C17H28N2O2. The lowest BCUT2D eigenvalue weighted by Gasteiger charge is -2.32. The van der Waals surface area contributed by atoms with Gasteiger partial charge in [-0.1, -0.05) is 19.3 Å². The highest BCUT2D eigenvalue weighted by atomic mass is 16.2. The third-order valence-electron chi connectivity index (χ3n) is 5.55. The number of rotatable bonds is 4. The monoisotopic (exact) mass is 292 g/mol. The number of ketones is 1. The standard InChI is InChI=1S/C17H28N2O2/c20-16-10-4-3-8-14(16)15-9-5-11-19(15)12-17(21)18-13-6-1-2-7-13/h13-15H,1-12H2,(H,18,21). The van der Waals surface area contributed by atoms with Gasteiger partial charge < -0.3 is 5.32 Å². The Balaban J connectivity index is 1.53. The molecule has 0 radical (unpaired) electrons. The third kappa shape index (κ3) is 3.65. The molecule has 0 aromatic carbocycles. The molecule has 3 rings (SSSR count). The van der Waals surface area contributed by atoms with Gasteiger partial charge in [0, 0.05) is 24.4 Å². The van der Waals surface area contributed by atoms with Crippen LogP contribution in [0.3, 0.4) is 0 Å². The second-order valence-corrected chi connectivity index (χ2v) is 7.05. The first-order valence-electron chi connectivity index (χ1n) is 8.80. The van der Waals surface area contributed by atoms with Gasteiger partial charge in [-0.05, 0) is 45.1 Å². The van der Waals surface area contributed by atoms with Crippen LogP contribution in [0.1, 0.15) is 64.2 Å². The van der Waals surface area contributed by atoms with Crippen LogP contribution in [0.2, 0.25) is 0 Å². The molecule has 0 aromatic heterocycles. The van der Waals surface area contributed by atoms with Gasteiger partial charge in [0.2, 0.25) is 5.91 Å². The molecule has 21 heavy (non-hydrogen) atoms. The topological polar surface area (TPSA) is 49.4 Å². The van der Waals surface area contributed by atoms with Crippen LogP contribution < -0.4 is 5.32 Å². The van der Waals surface area contributed by atoms with Crippen molar-refractivity contribution in [1.82, 2.24) is 10.2 Å².